The summed E-state index contributed by atoms with van der Waals surface area (Å²) in [6, 6.07) is 12.8. The van der Waals surface area contributed by atoms with Crippen LogP contribution in [0.15, 0.2) is 42.5 Å². The third-order valence-electron chi connectivity index (χ3n) is 12.6. The highest BCUT2D eigenvalue weighted by Gasteiger charge is 2.56. The average molecular weight is 764 g/mol. The predicted octanol–water partition coefficient (Wildman–Crippen LogP) is 7.79. The Morgan fingerprint density at radius 3 is 1.98 bits per heavy atom. The number of halogens is 1. The van der Waals surface area contributed by atoms with Crippen LogP contribution in [-0.4, -0.2) is 73.9 Å². The molecule has 3 amide bonds. The van der Waals surface area contributed by atoms with Gasteiger partial charge in [-0.15, -0.1) is 0 Å². The number of likely N-dealkylation sites (tertiary alicyclic amines) is 2. The number of ether oxygens (including phenoxy) is 1. The van der Waals surface area contributed by atoms with Gasteiger partial charge in [-0.05, 0) is 91.5 Å². The molecule has 4 aromatic rings. The Hall–Kier alpha value is -4.82. The van der Waals surface area contributed by atoms with Crippen LogP contribution in [0.25, 0.3) is 22.3 Å². The molecule has 2 spiro atoms. The van der Waals surface area contributed by atoms with Crippen LogP contribution in [-0.2, 0) is 14.3 Å². The maximum atomic E-state index is 13.9. The number of hydrogen-bond acceptors (Lipinski definition) is 6. The lowest BCUT2D eigenvalue weighted by molar-refractivity contribution is -0.137. The summed E-state index contributed by atoms with van der Waals surface area (Å²) < 4.78 is 4.80. The summed E-state index contributed by atoms with van der Waals surface area (Å²) in [7, 11) is 1.30. The van der Waals surface area contributed by atoms with Crippen molar-refractivity contribution in [1.82, 2.24) is 35.1 Å². The topological polar surface area (TPSA) is 136 Å². The molecule has 0 radical (unpaired) electrons. The van der Waals surface area contributed by atoms with Gasteiger partial charge in [-0.2, -0.15) is 0 Å². The molecule has 12 heteroatoms. The fourth-order valence-electron chi connectivity index (χ4n) is 8.42. The second-order valence-electron chi connectivity index (χ2n) is 17.2. The number of imidazole rings is 2. The molecule has 2 saturated heterocycles. The van der Waals surface area contributed by atoms with Gasteiger partial charge in [0.05, 0.1) is 35.9 Å². The quantitative estimate of drug-likeness (QED) is 0.157. The molecule has 288 valence electrons. The Kier molecular flexibility index (Phi) is 9.47. The molecule has 2 aromatic carbocycles. The molecule has 8 rings (SSSR count). The van der Waals surface area contributed by atoms with E-state index in [4.69, 9.17) is 26.3 Å². The number of alkyl carbamates (subject to hydrolysis) is 1. The average Bonchev–Trinajstić information content (AvgIpc) is 3.84. The summed E-state index contributed by atoms with van der Waals surface area (Å²) in [5.74, 6) is 8.31. The summed E-state index contributed by atoms with van der Waals surface area (Å²) in [6.45, 7) is 11.5. The number of benzene rings is 2. The van der Waals surface area contributed by atoms with Crippen molar-refractivity contribution in [2.75, 3.05) is 20.2 Å². The number of nitrogens with one attached hydrogen (secondary N) is 3. The number of aromatic nitrogens is 4. The van der Waals surface area contributed by atoms with Crippen molar-refractivity contribution in [1.29, 1.82) is 0 Å². The van der Waals surface area contributed by atoms with Crippen molar-refractivity contribution in [3.8, 4) is 23.1 Å². The van der Waals surface area contributed by atoms with Crippen LogP contribution in [0.3, 0.4) is 0 Å². The molecule has 2 aliphatic carbocycles. The van der Waals surface area contributed by atoms with E-state index in [0.717, 1.165) is 65.8 Å². The second-order valence-corrected chi connectivity index (χ2v) is 17.6. The normalized spacial score (nSPS) is 21.6. The van der Waals surface area contributed by atoms with Gasteiger partial charge in [0.15, 0.2) is 5.15 Å². The van der Waals surface area contributed by atoms with E-state index in [0.29, 0.717) is 23.2 Å². The molecule has 4 heterocycles. The Morgan fingerprint density at radius 1 is 0.818 bits per heavy atom. The summed E-state index contributed by atoms with van der Waals surface area (Å²) in [4.78, 5) is 60.0. The van der Waals surface area contributed by atoms with E-state index in [1.807, 2.05) is 68.1 Å². The Morgan fingerprint density at radius 2 is 1.40 bits per heavy atom. The van der Waals surface area contributed by atoms with E-state index in [-0.39, 0.29) is 52.5 Å². The zero-order chi connectivity index (χ0) is 38.8. The van der Waals surface area contributed by atoms with E-state index < -0.39 is 12.1 Å². The second kappa shape index (κ2) is 14.0. The minimum Gasteiger partial charge on any atom is -0.453 e. The van der Waals surface area contributed by atoms with Crippen molar-refractivity contribution < 1.29 is 19.1 Å². The minimum atomic E-state index is -0.714. The highest BCUT2D eigenvalue weighted by atomic mass is 35.5. The van der Waals surface area contributed by atoms with Gasteiger partial charge in [-0.3, -0.25) is 9.59 Å². The minimum absolute atomic E-state index is 0.0254. The number of H-pyrrole nitrogens is 2. The van der Waals surface area contributed by atoms with Gasteiger partial charge >= 0.3 is 6.09 Å². The van der Waals surface area contributed by atoms with Crippen LogP contribution >= 0.6 is 11.6 Å². The first-order chi connectivity index (χ1) is 26.3. The van der Waals surface area contributed by atoms with Crippen molar-refractivity contribution in [3.05, 3.63) is 70.4 Å². The molecule has 55 heavy (non-hydrogen) atoms. The Bertz CT molecular complexity index is 2200. The first-order valence-corrected chi connectivity index (χ1v) is 20.0. The number of amides is 3. The van der Waals surface area contributed by atoms with Crippen LogP contribution in [0.4, 0.5) is 4.79 Å². The number of methoxy groups -OCH3 is 1. The highest BCUT2D eigenvalue weighted by molar-refractivity contribution is 6.31. The molecular formula is C43H50ClN7O4. The zero-order valence-corrected chi connectivity index (χ0v) is 33.2. The van der Waals surface area contributed by atoms with E-state index in [1.54, 1.807) is 0 Å². The summed E-state index contributed by atoms with van der Waals surface area (Å²) in [6.07, 6.45) is 5.61. The van der Waals surface area contributed by atoms with Gasteiger partial charge in [0.1, 0.15) is 17.7 Å². The fraction of sp³-hybridized carbons (Fsp3) is 0.512. The molecule has 2 aliphatic heterocycles. The number of carbonyl (C=O) groups is 3. The molecule has 2 aromatic heterocycles. The van der Waals surface area contributed by atoms with Gasteiger partial charge < -0.3 is 29.8 Å². The summed E-state index contributed by atoms with van der Waals surface area (Å²) in [5, 5.41) is 3.07. The zero-order valence-electron chi connectivity index (χ0n) is 32.5. The lowest BCUT2D eigenvalue weighted by atomic mass is 9.96. The number of rotatable bonds is 8. The van der Waals surface area contributed by atoms with E-state index in [1.165, 1.54) is 20.0 Å². The monoisotopic (exact) mass is 763 g/mol. The first kappa shape index (κ1) is 37.1. The lowest BCUT2D eigenvalue weighted by Gasteiger charge is -2.30. The fourth-order valence-corrected chi connectivity index (χ4v) is 8.66. The van der Waals surface area contributed by atoms with Crippen LogP contribution in [0.2, 0.25) is 5.15 Å². The van der Waals surface area contributed by atoms with Gasteiger partial charge in [0.25, 0.3) is 0 Å². The Labute approximate surface area is 327 Å². The maximum absolute atomic E-state index is 13.9. The number of aromatic amines is 2. The standard InChI is InChI=1S/C43H50ClN7O4/c1-24(2)26(5)39(52)50-22-42(15-16-42)20-32(50)37-45-30-14-11-28(19-31(30)46-37)8-7-27-9-12-29(13-10-27)35-36(44)49-38(47-35)33-21-43(17-18-43)23-51(33)40(53)34(25(3)4)48-41(54)55-6/h9-14,19,24-26,32-34H,15-18,20-23H2,1-6H3,(H,45,46)(H,47,49)(H,48,54)/t26-,32-,33-,34-/m0/s1. The van der Waals surface area contributed by atoms with E-state index in [2.05, 4.69) is 45.9 Å². The molecular weight excluding hydrogens is 714 g/mol. The summed E-state index contributed by atoms with van der Waals surface area (Å²) in [5.41, 5.74) is 5.38. The molecule has 3 N–H and O–H groups in total. The lowest BCUT2D eigenvalue weighted by Crippen LogP contribution is -2.51. The maximum Gasteiger partial charge on any atom is 0.407 e. The van der Waals surface area contributed by atoms with E-state index >= 15 is 0 Å². The van der Waals surface area contributed by atoms with Crippen molar-refractivity contribution in [2.45, 2.75) is 91.3 Å². The SMILES string of the molecule is COC(=O)N[C@H](C(=O)N1CC2(CC2)C[C@H]1c1nc(Cl)c(-c2ccc(C#Cc3ccc4nc([C@@H]5CC6(CC6)CN5C(=O)[C@@H](C)C(C)C)[nH]c4c3)cc2)[nH]1)C(C)C. The molecule has 0 bridgehead atoms. The molecule has 0 unspecified atom stereocenters. The number of hydrogen-bond donors (Lipinski definition) is 3. The molecule has 11 nitrogen and oxygen atoms in total. The molecule has 4 atom stereocenters. The number of carbonyl (C=O) groups excluding carboxylic acids is 3. The predicted molar refractivity (Wildman–Crippen MR) is 211 cm³/mol. The van der Waals surface area contributed by atoms with E-state index in [9.17, 15) is 14.4 Å². The van der Waals surface area contributed by atoms with Crippen molar-refractivity contribution in [3.63, 3.8) is 0 Å². The van der Waals surface area contributed by atoms with Crippen molar-refractivity contribution >= 4 is 40.5 Å². The largest absolute Gasteiger partial charge is 0.453 e. The Balaban J connectivity index is 0.977. The molecule has 4 fully saturated rings. The van der Waals surface area contributed by atoms with Crippen LogP contribution in [0.1, 0.15) is 108 Å². The summed E-state index contributed by atoms with van der Waals surface area (Å²) >= 11 is 6.74. The van der Waals surface area contributed by atoms with Crippen LogP contribution in [0, 0.1) is 40.4 Å². The first-order valence-electron chi connectivity index (χ1n) is 19.6. The van der Waals surface area contributed by atoms with Crippen LogP contribution < -0.4 is 5.32 Å². The van der Waals surface area contributed by atoms with Gasteiger partial charge in [0, 0.05) is 35.7 Å². The van der Waals surface area contributed by atoms with Crippen LogP contribution in [0.5, 0.6) is 0 Å². The molecule has 4 aliphatic rings. The van der Waals surface area contributed by atoms with Crippen molar-refractivity contribution in [2.24, 2.45) is 28.6 Å². The third-order valence-corrected chi connectivity index (χ3v) is 12.9. The molecule has 2 saturated carbocycles. The third kappa shape index (κ3) is 7.21. The number of nitrogens with zero attached hydrogens (tertiary/aromatic N) is 4. The number of fused-ring (bicyclic) bond motifs is 1. The van der Waals surface area contributed by atoms with Gasteiger partial charge in [-0.25, -0.2) is 14.8 Å². The van der Waals surface area contributed by atoms with Gasteiger partial charge in [0.2, 0.25) is 11.8 Å². The highest BCUT2D eigenvalue weighted by Crippen LogP contribution is 2.59. The van der Waals surface area contributed by atoms with Gasteiger partial charge in [-0.1, -0.05) is 70.2 Å². The smallest absolute Gasteiger partial charge is 0.407 e.